The van der Waals surface area contributed by atoms with Crippen molar-refractivity contribution in [1.29, 1.82) is 5.26 Å². The standard InChI is InChI=1S/C21H26N4/c1-21(2,3)20-15(12-22)19(14-7-5-4-6-8-16(14)23-20)18-11-17(24-25-18)13-9-10-13/h11,13H,4-10H2,1-3H3,(H,24,25). The number of H-pyrrole nitrogens is 1. The van der Waals surface area contributed by atoms with Crippen molar-refractivity contribution in [3.63, 3.8) is 0 Å². The Morgan fingerprint density at radius 3 is 2.60 bits per heavy atom. The molecular formula is C21H26N4. The highest BCUT2D eigenvalue weighted by molar-refractivity contribution is 5.74. The third kappa shape index (κ3) is 2.97. The number of hydrogen-bond acceptors (Lipinski definition) is 3. The highest BCUT2D eigenvalue weighted by Gasteiger charge is 2.30. The minimum atomic E-state index is -0.152. The van der Waals surface area contributed by atoms with Gasteiger partial charge in [0.15, 0.2) is 0 Å². The average Bonchev–Trinajstić information content (AvgIpc) is 3.35. The first-order valence-corrected chi connectivity index (χ1v) is 9.51. The molecule has 0 aromatic carbocycles. The highest BCUT2D eigenvalue weighted by atomic mass is 15.1. The molecule has 1 N–H and O–H groups in total. The smallest absolute Gasteiger partial charge is 0.102 e. The second-order valence-corrected chi connectivity index (χ2v) is 8.54. The number of pyridine rings is 1. The molecule has 2 aromatic heterocycles. The van der Waals surface area contributed by atoms with E-state index in [4.69, 9.17) is 4.98 Å². The lowest BCUT2D eigenvalue weighted by Gasteiger charge is -2.24. The zero-order valence-corrected chi connectivity index (χ0v) is 15.4. The Kier molecular flexibility index (Phi) is 3.91. The van der Waals surface area contributed by atoms with Crippen molar-refractivity contribution in [3.05, 3.63) is 34.3 Å². The summed E-state index contributed by atoms with van der Waals surface area (Å²) < 4.78 is 0. The van der Waals surface area contributed by atoms with Gasteiger partial charge in [-0.15, -0.1) is 0 Å². The zero-order chi connectivity index (χ0) is 17.6. The molecule has 4 nitrogen and oxygen atoms in total. The van der Waals surface area contributed by atoms with Crippen LogP contribution in [0.25, 0.3) is 11.3 Å². The van der Waals surface area contributed by atoms with Gasteiger partial charge in [0.1, 0.15) is 6.07 Å². The second-order valence-electron chi connectivity index (χ2n) is 8.54. The SMILES string of the molecule is CC(C)(C)c1nc2c(c(-c3cc(C4CC4)n[nH]3)c1C#N)CCCCC2. The molecule has 130 valence electrons. The van der Waals surface area contributed by atoms with Crippen molar-refractivity contribution in [3.8, 4) is 17.3 Å². The summed E-state index contributed by atoms with van der Waals surface area (Å²) in [5.41, 5.74) is 7.19. The average molecular weight is 334 g/mol. The van der Waals surface area contributed by atoms with E-state index in [0.29, 0.717) is 5.92 Å². The summed E-state index contributed by atoms with van der Waals surface area (Å²) in [6.07, 6.45) is 8.08. The van der Waals surface area contributed by atoms with Gasteiger partial charge in [-0.25, -0.2) is 0 Å². The largest absolute Gasteiger partial charge is 0.278 e. The molecule has 0 saturated heterocycles. The molecule has 4 rings (SSSR count). The number of nitrogens with one attached hydrogen (secondary N) is 1. The van der Waals surface area contributed by atoms with Crippen LogP contribution in [0.2, 0.25) is 0 Å². The van der Waals surface area contributed by atoms with Crippen LogP contribution in [-0.4, -0.2) is 15.2 Å². The lowest BCUT2D eigenvalue weighted by Crippen LogP contribution is -2.19. The summed E-state index contributed by atoms with van der Waals surface area (Å²) >= 11 is 0. The van der Waals surface area contributed by atoms with E-state index in [1.165, 1.54) is 43.4 Å². The maximum absolute atomic E-state index is 10.00. The van der Waals surface area contributed by atoms with Crippen LogP contribution in [0.4, 0.5) is 0 Å². The lowest BCUT2D eigenvalue weighted by molar-refractivity contribution is 0.562. The summed E-state index contributed by atoms with van der Waals surface area (Å²) in [6, 6.07) is 4.66. The Bertz CT molecular complexity index is 844. The van der Waals surface area contributed by atoms with Gasteiger partial charge in [0.25, 0.3) is 0 Å². The number of aryl methyl sites for hydroxylation is 1. The predicted molar refractivity (Wildman–Crippen MR) is 98.5 cm³/mol. The van der Waals surface area contributed by atoms with Crippen LogP contribution in [0.5, 0.6) is 0 Å². The van der Waals surface area contributed by atoms with E-state index in [-0.39, 0.29) is 5.41 Å². The van der Waals surface area contributed by atoms with Gasteiger partial charge in [-0.05, 0) is 50.2 Å². The number of nitriles is 1. The van der Waals surface area contributed by atoms with Crippen LogP contribution in [0.1, 0.15) is 87.0 Å². The quantitative estimate of drug-likeness (QED) is 0.803. The van der Waals surface area contributed by atoms with Crippen molar-refractivity contribution in [2.45, 2.75) is 77.0 Å². The summed E-state index contributed by atoms with van der Waals surface area (Å²) in [5, 5.41) is 17.8. The molecule has 0 atom stereocenters. The Labute approximate surface area is 149 Å². The topological polar surface area (TPSA) is 65.4 Å². The van der Waals surface area contributed by atoms with Gasteiger partial charge in [0.05, 0.1) is 22.6 Å². The molecule has 0 unspecified atom stereocenters. The molecule has 0 amide bonds. The van der Waals surface area contributed by atoms with Crippen molar-refractivity contribution in [1.82, 2.24) is 15.2 Å². The summed E-state index contributed by atoms with van der Waals surface area (Å²) in [4.78, 5) is 5.00. The van der Waals surface area contributed by atoms with Gasteiger partial charge in [-0.2, -0.15) is 10.4 Å². The molecule has 2 heterocycles. The van der Waals surface area contributed by atoms with E-state index < -0.39 is 0 Å². The fourth-order valence-corrected chi connectivity index (χ4v) is 3.92. The zero-order valence-electron chi connectivity index (χ0n) is 15.4. The number of aromatic nitrogens is 3. The van der Waals surface area contributed by atoms with Crippen LogP contribution >= 0.6 is 0 Å². The van der Waals surface area contributed by atoms with E-state index in [2.05, 4.69) is 43.1 Å². The molecule has 0 radical (unpaired) electrons. The van der Waals surface area contributed by atoms with Gasteiger partial charge in [0.2, 0.25) is 0 Å². The second kappa shape index (κ2) is 5.98. The van der Waals surface area contributed by atoms with Crippen LogP contribution < -0.4 is 0 Å². The molecule has 4 heteroatoms. The first kappa shape index (κ1) is 16.3. The summed E-state index contributed by atoms with van der Waals surface area (Å²) in [5.74, 6) is 0.609. The van der Waals surface area contributed by atoms with Crippen LogP contribution in [0.3, 0.4) is 0 Å². The lowest BCUT2D eigenvalue weighted by atomic mass is 9.83. The fraction of sp³-hybridized carbons (Fsp3) is 0.571. The van der Waals surface area contributed by atoms with E-state index >= 15 is 0 Å². The molecule has 0 aliphatic heterocycles. The van der Waals surface area contributed by atoms with E-state index in [0.717, 1.165) is 41.1 Å². The number of rotatable bonds is 2. The van der Waals surface area contributed by atoms with E-state index in [1.54, 1.807) is 0 Å². The van der Waals surface area contributed by atoms with E-state index in [9.17, 15) is 5.26 Å². The summed E-state index contributed by atoms with van der Waals surface area (Å²) in [7, 11) is 0. The Morgan fingerprint density at radius 2 is 1.92 bits per heavy atom. The molecule has 25 heavy (non-hydrogen) atoms. The maximum Gasteiger partial charge on any atom is 0.102 e. The number of hydrogen-bond donors (Lipinski definition) is 1. The predicted octanol–water partition coefficient (Wildman–Crippen LogP) is 4.79. The van der Waals surface area contributed by atoms with Gasteiger partial charge in [-0.3, -0.25) is 10.1 Å². The maximum atomic E-state index is 10.00. The monoisotopic (exact) mass is 334 g/mol. The molecule has 2 aliphatic carbocycles. The van der Waals surface area contributed by atoms with Gasteiger partial charge < -0.3 is 0 Å². The minimum absolute atomic E-state index is 0.152. The number of fused-ring (bicyclic) bond motifs is 1. The minimum Gasteiger partial charge on any atom is -0.278 e. The van der Waals surface area contributed by atoms with Crippen LogP contribution in [0, 0.1) is 11.3 Å². The number of nitrogens with zero attached hydrogens (tertiary/aromatic N) is 3. The van der Waals surface area contributed by atoms with Crippen molar-refractivity contribution in [2.24, 2.45) is 0 Å². The third-order valence-corrected chi connectivity index (χ3v) is 5.41. The molecule has 0 bridgehead atoms. The van der Waals surface area contributed by atoms with Crippen molar-refractivity contribution < 1.29 is 0 Å². The Hall–Kier alpha value is -2.15. The first-order chi connectivity index (χ1) is 12.0. The first-order valence-electron chi connectivity index (χ1n) is 9.51. The molecule has 1 fully saturated rings. The Morgan fingerprint density at radius 1 is 1.16 bits per heavy atom. The van der Waals surface area contributed by atoms with E-state index in [1.807, 2.05) is 0 Å². The molecule has 1 saturated carbocycles. The Balaban J connectivity index is 1.97. The molecule has 0 spiro atoms. The molecular weight excluding hydrogens is 308 g/mol. The van der Waals surface area contributed by atoms with Crippen LogP contribution in [0.15, 0.2) is 6.07 Å². The molecule has 2 aromatic rings. The van der Waals surface area contributed by atoms with Gasteiger partial charge in [0, 0.05) is 22.6 Å². The normalized spacial score (nSPS) is 17.7. The third-order valence-electron chi connectivity index (χ3n) is 5.41. The van der Waals surface area contributed by atoms with Crippen LogP contribution in [-0.2, 0) is 18.3 Å². The van der Waals surface area contributed by atoms with Crippen molar-refractivity contribution in [2.75, 3.05) is 0 Å². The van der Waals surface area contributed by atoms with Gasteiger partial charge >= 0.3 is 0 Å². The summed E-state index contributed by atoms with van der Waals surface area (Å²) in [6.45, 7) is 6.43. The number of aromatic amines is 1. The fourth-order valence-electron chi connectivity index (χ4n) is 3.92. The molecule has 2 aliphatic rings. The highest BCUT2D eigenvalue weighted by Crippen LogP contribution is 2.42. The van der Waals surface area contributed by atoms with Gasteiger partial charge in [-0.1, -0.05) is 27.2 Å². The van der Waals surface area contributed by atoms with Crippen molar-refractivity contribution >= 4 is 0 Å².